The number of methoxy groups -OCH3 is 1. The highest BCUT2D eigenvalue weighted by molar-refractivity contribution is 7.19. The molecule has 1 aliphatic carbocycles. The van der Waals surface area contributed by atoms with E-state index in [-0.39, 0.29) is 6.04 Å². The van der Waals surface area contributed by atoms with Gasteiger partial charge in [-0.25, -0.2) is 9.97 Å². The molecule has 0 fully saturated rings. The molecule has 0 bridgehead atoms. The number of rotatable bonds is 4. The minimum Gasteiger partial charge on any atom is -0.383 e. The summed E-state index contributed by atoms with van der Waals surface area (Å²) in [6, 6.07) is 0.249. The van der Waals surface area contributed by atoms with E-state index in [9.17, 15) is 0 Å². The van der Waals surface area contributed by atoms with Gasteiger partial charge in [-0.15, -0.1) is 11.3 Å². The number of nitrogens with zero attached hydrogens (tertiary/aromatic N) is 2. The van der Waals surface area contributed by atoms with Crippen LogP contribution in [0.25, 0.3) is 10.2 Å². The summed E-state index contributed by atoms with van der Waals surface area (Å²) >= 11 is 1.83. The molecule has 0 saturated heterocycles. The Hall–Kier alpha value is -1.20. The summed E-state index contributed by atoms with van der Waals surface area (Å²) in [4.78, 5) is 11.8. The van der Waals surface area contributed by atoms with E-state index in [1.807, 2.05) is 18.3 Å². The smallest absolute Gasteiger partial charge is 0.139 e. The maximum absolute atomic E-state index is 5.19. The van der Waals surface area contributed by atoms with E-state index in [0.29, 0.717) is 6.61 Å². The number of ether oxygens (including phenoxy) is 1. The Kier molecular flexibility index (Phi) is 3.41. The van der Waals surface area contributed by atoms with Crippen molar-refractivity contribution in [1.29, 1.82) is 0 Å². The van der Waals surface area contributed by atoms with Gasteiger partial charge in [-0.1, -0.05) is 0 Å². The normalized spacial score (nSPS) is 15.7. The first-order valence-electron chi connectivity index (χ1n) is 6.73. The Labute approximate surface area is 117 Å². The maximum Gasteiger partial charge on any atom is 0.139 e. The fourth-order valence-electron chi connectivity index (χ4n) is 2.73. The lowest BCUT2D eigenvalue weighted by molar-refractivity contribution is 0.190. The van der Waals surface area contributed by atoms with Gasteiger partial charge < -0.3 is 10.1 Å². The van der Waals surface area contributed by atoms with Crippen molar-refractivity contribution in [3.05, 3.63) is 16.3 Å². The minimum atomic E-state index is 0.249. The first-order valence-corrected chi connectivity index (χ1v) is 7.55. The zero-order chi connectivity index (χ0) is 13.4. The second kappa shape index (κ2) is 5.06. The minimum absolute atomic E-state index is 0.249. The van der Waals surface area contributed by atoms with E-state index in [4.69, 9.17) is 4.74 Å². The Morgan fingerprint density at radius 3 is 3.00 bits per heavy atom. The lowest BCUT2D eigenvalue weighted by Gasteiger charge is -2.15. The van der Waals surface area contributed by atoms with Gasteiger partial charge in [0.25, 0.3) is 0 Å². The molecular formula is C14H19N3OS. The van der Waals surface area contributed by atoms with Crippen molar-refractivity contribution < 1.29 is 4.74 Å². The third kappa shape index (κ3) is 2.32. The average molecular weight is 277 g/mol. The maximum atomic E-state index is 5.19. The van der Waals surface area contributed by atoms with Gasteiger partial charge in [0, 0.05) is 18.0 Å². The van der Waals surface area contributed by atoms with Crippen molar-refractivity contribution in [2.75, 3.05) is 19.0 Å². The zero-order valence-electron chi connectivity index (χ0n) is 11.6. The fourth-order valence-corrected chi connectivity index (χ4v) is 4.04. The molecule has 19 heavy (non-hydrogen) atoms. The molecule has 0 unspecified atom stereocenters. The van der Waals surface area contributed by atoms with E-state index in [0.717, 1.165) is 22.9 Å². The summed E-state index contributed by atoms with van der Waals surface area (Å²) in [6.07, 6.45) is 3.62. The molecule has 2 aromatic heterocycles. The molecule has 2 heterocycles. The molecule has 102 valence electrons. The van der Waals surface area contributed by atoms with Crippen LogP contribution in [0, 0.1) is 6.92 Å². The molecule has 1 N–H and O–H groups in total. The van der Waals surface area contributed by atoms with Crippen molar-refractivity contribution in [2.24, 2.45) is 0 Å². The monoisotopic (exact) mass is 277 g/mol. The van der Waals surface area contributed by atoms with E-state index < -0.39 is 0 Å². The van der Waals surface area contributed by atoms with Crippen molar-refractivity contribution in [2.45, 2.75) is 39.2 Å². The van der Waals surface area contributed by atoms with E-state index in [1.54, 1.807) is 7.11 Å². The molecule has 0 radical (unpaired) electrons. The van der Waals surface area contributed by atoms with Gasteiger partial charge in [-0.05, 0) is 38.7 Å². The molecule has 4 nitrogen and oxygen atoms in total. The molecule has 5 heteroatoms. The summed E-state index contributed by atoms with van der Waals surface area (Å²) < 4.78 is 5.19. The van der Waals surface area contributed by atoms with Crippen molar-refractivity contribution in [3.8, 4) is 0 Å². The summed E-state index contributed by atoms with van der Waals surface area (Å²) in [5.74, 6) is 1.81. The SMILES string of the molecule is COC[C@@H](C)Nc1nc(C)nc2sc3c(c12)CCC3. The van der Waals surface area contributed by atoms with Gasteiger partial charge in [0.1, 0.15) is 16.5 Å². The molecule has 0 spiro atoms. The number of nitrogens with one attached hydrogen (secondary N) is 1. The van der Waals surface area contributed by atoms with Gasteiger partial charge in [0.15, 0.2) is 0 Å². The van der Waals surface area contributed by atoms with Crippen LogP contribution in [-0.4, -0.2) is 29.7 Å². The fraction of sp³-hybridized carbons (Fsp3) is 0.571. The predicted molar refractivity (Wildman–Crippen MR) is 79.1 cm³/mol. The lowest BCUT2D eigenvalue weighted by Crippen LogP contribution is -2.22. The average Bonchev–Trinajstić information content (AvgIpc) is 2.87. The highest BCUT2D eigenvalue weighted by atomic mass is 32.1. The zero-order valence-corrected chi connectivity index (χ0v) is 12.4. The highest BCUT2D eigenvalue weighted by Gasteiger charge is 2.22. The van der Waals surface area contributed by atoms with E-state index in [2.05, 4.69) is 22.2 Å². The molecule has 0 aliphatic heterocycles. The number of fused-ring (bicyclic) bond motifs is 3. The molecular weight excluding hydrogens is 258 g/mol. The number of aromatic nitrogens is 2. The Balaban J connectivity index is 2.06. The van der Waals surface area contributed by atoms with Crippen molar-refractivity contribution >= 4 is 27.4 Å². The quantitative estimate of drug-likeness (QED) is 0.933. The van der Waals surface area contributed by atoms with E-state index in [1.165, 1.54) is 28.7 Å². The summed E-state index contributed by atoms with van der Waals surface area (Å²) in [5.41, 5.74) is 1.46. The van der Waals surface area contributed by atoms with Gasteiger partial charge in [0.2, 0.25) is 0 Å². The molecule has 2 aromatic rings. The molecule has 3 rings (SSSR count). The number of hydrogen-bond donors (Lipinski definition) is 1. The Morgan fingerprint density at radius 1 is 1.37 bits per heavy atom. The van der Waals surface area contributed by atoms with Crippen molar-refractivity contribution in [1.82, 2.24) is 9.97 Å². The van der Waals surface area contributed by atoms with Crippen molar-refractivity contribution in [3.63, 3.8) is 0 Å². The molecule has 1 aliphatic rings. The molecule has 0 amide bonds. The number of hydrogen-bond acceptors (Lipinski definition) is 5. The van der Waals surface area contributed by atoms with Gasteiger partial charge in [0.05, 0.1) is 12.0 Å². The summed E-state index contributed by atoms with van der Waals surface area (Å²) in [7, 11) is 1.72. The lowest BCUT2D eigenvalue weighted by atomic mass is 10.2. The van der Waals surface area contributed by atoms with E-state index >= 15 is 0 Å². The van der Waals surface area contributed by atoms with Crippen LogP contribution in [0.2, 0.25) is 0 Å². The first kappa shape index (κ1) is 12.8. The summed E-state index contributed by atoms with van der Waals surface area (Å²) in [5, 5.41) is 4.71. The van der Waals surface area contributed by atoms with Crippen LogP contribution in [-0.2, 0) is 17.6 Å². The highest BCUT2D eigenvalue weighted by Crippen LogP contribution is 2.39. The first-order chi connectivity index (χ1) is 9.19. The third-order valence-electron chi connectivity index (χ3n) is 3.48. The number of aryl methyl sites for hydroxylation is 3. The predicted octanol–water partition coefficient (Wildman–Crippen LogP) is 2.94. The van der Waals surface area contributed by atoms with Gasteiger partial charge in [-0.2, -0.15) is 0 Å². The summed E-state index contributed by atoms with van der Waals surface area (Å²) in [6.45, 7) is 4.74. The molecule has 1 atom stereocenters. The Bertz CT molecular complexity index is 608. The molecule has 0 saturated carbocycles. The van der Waals surface area contributed by atoms with Crippen LogP contribution >= 0.6 is 11.3 Å². The van der Waals surface area contributed by atoms with Crippen LogP contribution in [0.1, 0.15) is 29.6 Å². The van der Waals surface area contributed by atoms with Crippen LogP contribution in [0.15, 0.2) is 0 Å². The van der Waals surface area contributed by atoms with Crippen LogP contribution in [0.3, 0.4) is 0 Å². The van der Waals surface area contributed by atoms with Crippen LogP contribution in [0.4, 0.5) is 5.82 Å². The second-order valence-corrected chi connectivity index (χ2v) is 6.24. The second-order valence-electron chi connectivity index (χ2n) is 5.16. The number of anilines is 1. The largest absolute Gasteiger partial charge is 0.383 e. The standard InChI is InChI=1S/C14H19N3OS/c1-8(7-18-3)15-13-12-10-5-4-6-11(10)19-14(12)17-9(2)16-13/h8H,4-7H2,1-3H3,(H,15,16,17)/t8-/m1/s1. The van der Waals surface area contributed by atoms with Crippen LogP contribution < -0.4 is 5.32 Å². The third-order valence-corrected chi connectivity index (χ3v) is 4.66. The molecule has 0 aromatic carbocycles. The Morgan fingerprint density at radius 2 is 2.21 bits per heavy atom. The van der Waals surface area contributed by atoms with Gasteiger partial charge in [-0.3, -0.25) is 0 Å². The topological polar surface area (TPSA) is 47.0 Å². The number of thiophene rings is 1. The van der Waals surface area contributed by atoms with Gasteiger partial charge >= 0.3 is 0 Å². The van der Waals surface area contributed by atoms with Crippen LogP contribution in [0.5, 0.6) is 0 Å².